The quantitative estimate of drug-likeness (QED) is 0.233. The molecule has 6 heteroatoms. The summed E-state index contributed by atoms with van der Waals surface area (Å²) < 4.78 is 15.7. The SMILES string of the molecule is CCN(CC)c1ccc(C2(c3c(C)n(CC)c4ccccc34)OC(=O)c3cccnc32)c(OC2CCCC2)c1. The topological polar surface area (TPSA) is 56.6 Å². The molecule has 1 atom stereocenters. The van der Waals surface area contributed by atoms with Crippen molar-refractivity contribution < 1.29 is 14.3 Å². The van der Waals surface area contributed by atoms with E-state index in [1.54, 1.807) is 12.3 Å². The summed E-state index contributed by atoms with van der Waals surface area (Å²) in [6, 6.07) is 18.4. The smallest absolute Gasteiger partial charge is 0.341 e. The van der Waals surface area contributed by atoms with Gasteiger partial charge in [0.2, 0.25) is 5.60 Å². The van der Waals surface area contributed by atoms with Gasteiger partial charge in [-0.3, -0.25) is 4.98 Å². The zero-order valence-electron chi connectivity index (χ0n) is 23.4. The predicted octanol–water partition coefficient (Wildman–Crippen LogP) is 6.99. The molecule has 1 unspecified atom stereocenters. The lowest BCUT2D eigenvalue weighted by Gasteiger charge is -2.33. The van der Waals surface area contributed by atoms with Gasteiger partial charge in [0, 0.05) is 65.3 Å². The van der Waals surface area contributed by atoms with E-state index in [2.05, 4.69) is 79.6 Å². The van der Waals surface area contributed by atoms with E-state index in [9.17, 15) is 4.79 Å². The van der Waals surface area contributed by atoms with Gasteiger partial charge in [-0.25, -0.2) is 4.79 Å². The Bertz CT molecular complexity index is 1530. The molecule has 202 valence electrons. The first-order valence-corrected chi connectivity index (χ1v) is 14.4. The van der Waals surface area contributed by atoms with E-state index in [0.29, 0.717) is 11.3 Å². The molecule has 1 aliphatic heterocycles. The summed E-state index contributed by atoms with van der Waals surface area (Å²) in [4.78, 5) is 20.7. The summed E-state index contributed by atoms with van der Waals surface area (Å²) in [5.74, 6) is 0.413. The minimum Gasteiger partial charge on any atom is -0.490 e. The van der Waals surface area contributed by atoms with Gasteiger partial charge >= 0.3 is 5.97 Å². The molecule has 1 fully saturated rings. The number of cyclic esters (lactones) is 1. The van der Waals surface area contributed by atoms with Gasteiger partial charge < -0.3 is 18.9 Å². The summed E-state index contributed by atoms with van der Waals surface area (Å²) in [7, 11) is 0. The fourth-order valence-corrected chi connectivity index (χ4v) is 6.73. The van der Waals surface area contributed by atoms with E-state index in [0.717, 1.165) is 71.6 Å². The Labute approximate surface area is 230 Å². The molecule has 6 rings (SSSR count). The second kappa shape index (κ2) is 10.1. The molecule has 39 heavy (non-hydrogen) atoms. The molecular formula is C33H37N3O3. The molecule has 1 saturated carbocycles. The van der Waals surface area contributed by atoms with Gasteiger partial charge in [-0.1, -0.05) is 18.2 Å². The molecule has 0 radical (unpaired) electrons. The Morgan fingerprint density at radius 1 is 1.05 bits per heavy atom. The fraction of sp³-hybridized carbons (Fsp3) is 0.394. The third kappa shape index (κ3) is 3.91. The van der Waals surface area contributed by atoms with Crippen LogP contribution in [0.5, 0.6) is 5.75 Å². The van der Waals surface area contributed by atoms with Crippen molar-refractivity contribution in [1.82, 2.24) is 9.55 Å². The maximum Gasteiger partial charge on any atom is 0.341 e. The van der Waals surface area contributed by atoms with Crippen LogP contribution in [0.3, 0.4) is 0 Å². The lowest BCUT2D eigenvalue weighted by molar-refractivity contribution is 0.0233. The summed E-state index contributed by atoms with van der Waals surface area (Å²) in [5, 5.41) is 1.06. The summed E-state index contributed by atoms with van der Waals surface area (Å²) >= 11 is 0. The molecule has 3 heterocycles. The number of ether oxygens (including phenoxy) is 2. The minimum absolute atomic E-state index is 0.145. The zero-order valence-corrected chi connectivity index (χ0v) is 23.4. The standard InChI is InChI=1S/C33H37N3O3/c1-5-35(6-2)23-18-19-27(29(21-23)38-24-13-8-9-14-24)33(31-26(32(37)39-33)16-12-20-34-31)30-22(4)36(7-3)28-17-11-10-15-25(28)30/h10-12,15-21,24H,5-9,13-14H2,1-4H3. The Morgan fingerprint density at radius 2 is 1.82 bits per heavy atom. The lowest BCUT2D eigenvalue weighted by Crippen LogP contribution is -2.33. The third-order valence-electron chi connectivity index (χ3n) is 8.57. The van der Waals surface area contributed by atoms with Crippen LogP contribution >= 0.6 is 0 Å². The highest BCUT2D eigenvalue weighted by Crippen LogP contribution is 2.53. The molecule has 6 nitrogen and oxygen atoms in total. The van der Waals surface area contributed by atoms with Gasteiger partial charge in [-0.15, -0.1) is 0 Å². The second-order valence-corrected chi connectivity index (χ2v) is 10.6. The van der Waals surface area contributed by atoms with Gasteiger partial charge in [0.1, 0.15) is 11.4 Å². The number of para-hydroxylation sites is 1. The Kier molecular flexibility index (Phi) is 6.57. The van der Waals surface area contributed by atoms with Crippen molar-refractivity contribution in [2.24, 2.45) is 0 Å². The van der Waals surface area contributed by atoms with Crippen LogP contribution in [-0.2, 0) is 16.9 Å². The number of pyridine rings is 1. The maximum atomic E-state index is 13.6. The van der Waals surface area contributed by atoms with Crippen molar-refractivity contribution in [1.29, 1.82) is 0 Å². The number of hydrogen-bond donors (Lipinski definition) is 0. The van der Waals surface area contributed by atoms with Crippen molar-refractivity contribution in [3.05, 3.63) is 88.9 Å². The highest BCUT2D eigenvalue weighted by Gasteiger charge is 2.54. The molecule has 1 aliphatic carbocycles. The third-order valence-corrected chi connectivity index (χ3v) is 8.57. The molecular weight excluding hydrogens is 486 g/mol. The number of aromatic nitrogens is 2. The first-order chi connectivity index (χ1) is 19.0. The van der Waals surface area contributed by atoms with Crippen molar-refractivity contribution >= 4 is 22.6 Å². The molecule has 0 amide bonds. The summed E-state index contributed by atoms with van der Waals surface area (Å²) in [6.45, 7) is 11.2. The number of aryl methyl sites for hydroxylation is 1. The number of carbonyl (C=O) groups excluding carboxylic acids is 1. The van der Waals surface area contributed by atoms with Crippen LogP contribution < -0.4 is 9.64 Å². The molecule has 0 saturated heterocycles. The van der Waals surface area contributed by atoms with Crippen molar-refractivity contribution in [3.8, 4) is 5.75 Å². The zero-order chi connectivity index (χ0) is 27.1. The number of esters is 1. The maximum absolute atomic E-state index is 13.6. The number of fused-ring (bicyclic) bond motifs is 2. The van der Waals surface area contributed by atoms with E-state index in [4.69, 9.17) is 14.5 Å². The number of benzene rings is 2. The van der Waals surface area contributed by atoms with E-state index in [1.807, 2.05) is 6.07 Å². The van der Waals surface area contributed by atoms with Gasteiger partial charge in [0.15, 0.2) is 0 Å². The number of anilines is 1. The van der Waals surface area contributed by atoms with Gasteiger partial charge in [0.25, 0.3) is 0 Å². The molecule has 0 bridgehead atoms. The largest absolute Gasteiger partial charge is 0.490 e. The first-order valence-electron chi connectivity index (χ1n) is 14.4. The molecule has 0 N–H and O–H groups in total. The number of rotatable bonds is 8. The Balaban J connectivity index is 1.69. The predicted molar refractivity (Wildman–Crippen MR) is 155 cm³/mol. The summed E-state index contributed by atoms with van der Waals surface area (Å²) in [5.41, 5.74) is 4.97. The van der Waals surface area contributed by atoms with Crippen molar-refractivity contribution in [2.45, 2.75) is 71.6 Å². The van der Waals surface area contributed by atoms with Gasteiger partial charge in [0.05, 0.1) is 11.7 Å². The number of hydrogen-bond acceptors (Lipinski definition) is 5. The van der Waals surface area contributed by atoms with E-state index in [1.165, 1.54) is 12.8 Å². The van der Waals surface area contributed by atoms with Crippen LogP contribution in [0, 0.1) is 6.92 Å². The van der Waals surface area contributed by atoms with Crippen molar-refractivity contribution in [2.75, 3.05) is 18.0 Å². The molecule has 2 aromatic carbocycles. The number of nitrogens with zero attached hydrogens (tertiary/aromatic N) is 3. The molecule has 2 aliphatic rings. The van der Waals surface area contributed by atoms with Crippen LogP contribution in [0.25, 0.3) is 10.9 Å². The van der Waals surface area contributed by atoms with Crippen LogP contribution in [0.1, 0.15) is 79.3 Å². The van der Waals surface area contributed by atoms with Gasteiger partial charge in [-0.2, -0.15) is 0 Å². The Morgan fingerprint density at radius 3 is 2.56 bits per heavy atom. The Hall–Kier alpha value is -3.80. The van der Waals surface area contributed by atoms with Crippen LogP contribution in [-0.4, -0.2) is 34.7 Å². The first kappa shape index (κ1) is 25.5. The van der Waals surface area contributed by atoms with Crippen LogP contribution in [0.15, 0.2) is 60.8 Å². The van der Waals surface area contributed by atoms with Crippen LogP contribution in [0.2, 0.25) is 0 Å². The van der Waals surface area contributed by atoms with Crippen LogP contribution in [0.4, 0.5) is 5.69 Å². The monoisotopic (exact) mass is 523 g/mol. The second-order valence-electron chi connectivity index (χ2n) is 10.6. The van der Waals surface area contributed by atoms with E-state index in [-0.39, 0.29) is 12.1 Å². The fourth-order valence-electron chi connectivity index (χ4n) is 6.73. The van der Waals surface area contributed by atoms with E-state index >= 15 is 0 Å². The summed E-state index contributed by atoms with van der Waals surface area (Å²) in [6.07, 6.45) is 6.31. The van der Waals surface area contributed by atoms with E-state index < -0.39 is 5.60 Å². The van der Waals surface area contributed by atoms with Crippen molar-refractivity contribution in [3.63, 3.8) is 0 Å². The normalized spacial score (nSPS) is 18.9. The lowest BCUT2D eigenvalue weighted by atomic mass is 9.80. The molecule has 0 spiro atoms. The highest BCUT2D eigenvalue weighted by atomic mass is 16.6. The average Bonchev–Trinajstić information content (AvgIpc) is 3.65. The minimum atomic E-state index is -1.23. The van der Waals surface area contributed by atoms with Gasteiger partial charge in [-0.05, 0) is 83.7 Å². The molecule has 2 aromatic heterocycles. The number of carbonyl (C=O) groups is 1. The highest BCUT2D eigenvalue weighted by molar-refractivity contribution is 5.98. The average molecular weight is 524 g/mol. The molecule has 4 aromatic rings.